The van der Waals surface area contributed by atoms with E-state index in [1.165, 1.54) is 7.11 Å². The smallest absolute Gasteiger partial charge is 0.106 e. The highest BCUT2D eigenvalue weighted by Gasteiger charge is 1.89. The lowest BCUT2D eigenvalue weighted by Gasteiger charge is -1.93. The molecule has 0 aliphatic carbocycles. The van der Waals surface area contributed by atoms with Gasteiger partial charge in [0.25, 0.3) is 0 Å². The first-order chi connectivity index (χ1) is 5.83. The minimum Gasteiger partial charge on any atom is -0.262 e. The molecule has 1 aromatic rings. The first-order valence-corrected chi connectivity index (χ1v) is 4.06. The van der Waals surface area contributed by atoms with Gasteiger partial charge in [-0.1, -0.05) is 6.07 Å². The highest BCUT2D eigenvalue weighted by atomic mass is 79.9. The lowest BCUT2D eigenvalue weighted by atomic mass is 10.4. The second-order valence-corrected chi connectivity index (χ2v) is 2.75. The molecule has 0 aromatic carbocycles. The molecule has 0 saturated carbocycles. The molecule has 0 atom stereocenters. The van der Waals surface area contributed by atoms with Crippen LogP contribution in [0, 0.1) is 0 Å². The predicted molar refractivity (Wildman–Crippen MR) is 49.7 cm³/mol. The molecule has 0 fully saturated rings. The van der Waals surface area contributed by atoms with Crippen molar-refractivity contribution in [1.29, 1.82) is 0 Å². The molecule has 0 radical (unpaired) electrons. The average molecular weight is 230 g/mol. The van der Waals surface area contributed by atoms with Crippen LogP contribution in [0.5, 0.6) is 0 Å². The van der Waals surface area contributed by atoms with Crippen LogP contribution in [0.25, 0.3) is 0 Å². The second kappa shape index (κ2) is 4.84. The summed E-state index contributed by atoms with van der Waals surface area (Å²) in [6, 6.07) is 5.57. The van der Waals surface area contributed by atoms with Crippen LogP contribution in [0.2, 0.25) is 0 Å². The van der Waals surface area contributed by atoms with Gasteiger partial charge in [-0.2, -0.15) is 10.7 Å². The quantitative estimate of drug-likeness (QED) is 0.484. The summed E-state index contributed by atoms with van der Waals surface area (Å²) in [4.78, 5) is 8.62. The molecule has 5 heteroatoms. The zero-order valence-corrected chi connectivity index (χ0v) is 8.08. The van der Waals surface area contributed by atoms with Gasteiger partial charge in [0.2, 0.25) is 0 Å². The number of halogens is 1. The number of nitrogens with zero attached hydrogens (tertiary/aromatic N) is 2. The van der Waals surface area contributed by atoms with E-state index in [1.807, 2.05) is 18.2 Å². The third kappa shape index (κ3) is 2.98. The SMILES string of the molecule is CON/N=C/c1cccc(Br)n1. The third-order valence-electron chi connectivity index (χ3n) is 1.08. The Balaban J connectivity index is 2.63. The standard InChI is InChI=1S/C7H8BrN3O/c1-12-11-9-5-6-3-2-4-7(8)10-6/h2-5,11H,1H3/b9-5+. The lowest BCUT2D eigenvalue weighted by Crippen LogP contribution is -2.02. The van der Waals surface area contributed by atoms with Gasteiger partial charge in [0.05, 0.1) is 19.0 Å². The van der Waals surface area contributed by atoms with Crippen molar-refractivity contribution >= 4 is 22.1 Å². The Labute approximate surface area is 78.7 Å². The summed E-state index contributed by atoms with van der Waals surface area (Å²) in [6.45, 7) is 0. The van der Waals surface area contributed by atoms with Crippen LogP contribution >= 0.6 is 15.9 Å². The van der Waals surface area contributed by atoms with Gasteiger partial charge in [0, 0.05) is 0 Å². The van der Waals surface area contributed by atoms with Crippen LogP contribution < -0.4 is 5.59 Å². The Kier molecular flexibility index (Phi) is 3.69. The summed E-state index contributed by atoms with van der Waals surface area (Å²) in [5.41, 5.74) is 3.09. The van der Waals surface area contributed by atoms with E-state index in [2.05, 4.69) is 36.4 Å². The summed E-state index contributed by atoms with van der Waals surface area (Å²) >= 11 is 3.25. The van der Waals surface area contributed by atoms with E-state index in [1.54, 1.807) is 6.21 Å². The van der Waals surface area contributed by atoms with Crippen LogP contribution in [-0.4, -0.2) is 18.3 Å². The molecule has 0 aliphatic rings. The topological polar surface area (TPSA) is 46.5 Å². The molecule has 0 aliphatic heterocycles. The Hall–Kier alpha value is -0.940. The maximum absolute atomic E-state index is 4.51. The Bertz CT molecular complexity index is 277. The molecular formula is C7H8BrN3O. The molecule has 1 N–H and O–H groups in total. The first-order valence-electron chi connectivity index (χ1n) is 3.26. The van der Waals surface area contributed by atoms with Crippen molar-refractivity contribution in [1.82, 2.24) is 10.6 Å². The van der Waals surface area contributed by atoms with Gasteiger partial charge in [-0.05, 0) is 28.1 Å². The molecule has 64 valence electrons. The number of hydrogen-bond acceptors (Lipinski definition) is 4. The summed E-state index contributed by atoms with van der Waals surface area (Å²) in [5.74, 6) is 0. The van der Waals surface area contributed by atoms with E-state index in [-0.39, 0.29) is 0 Å². The van der Waals surface area contributed by atoms with Crippen molar-refractivity contribution in [2.75, 3.05) is 7.11 Å². The van der Waals surface area contributed by atoms with Crippen LogP contribution in [0.3, 0.4) is 0 Å². The van der Waals surface area contributed by atoms with E-state index in [4.69, 9.17) is 0 Å². The second-order valence-electron chi connectivity index (χ2n) is 1.94. The highest BCUT2D eigenvalue weighted by molar-refractivity contribution is 9.10. The zero-order chi connectivity index (χ0) is 8.81. The molecule has 0 spiro atoms. The zero-order valence-electron chi connectivity index (χ0n) is 6.49. The third-order valence-corrected chi connectivity index (χ3v) is 1.52. The fourth-order valence-electron chi connectivity index (χ4n) is 0.641. The first kappa shape index (κ1) is 9.15. The van der Waals surface area contributed by atoms with E-state index >= 15 is 0 Å². The summed E-state index contributed by atoms with van der Waals surface area (Å²) in [6.07, 6.45) is 1.56. The van der Waals surface area contributed by atoms with Gasteiger partial charge in [0.1, 0.15) is 4.60 Å². The molecule has 0 amide bonds. The van der Waals surface area contributed by atoms with Gasteiger partial charge in [-0.25, -0.2) is 4.98 Å². The van der Waals surface area contributed by atoms with E-state index < -0.39 is 0 Å². The van der Waals surface area contributed by atoms with Gasteiger partial charge < -0.3 is 0 Å². The Morgan fingerprint density at radius 2 is 2.50 bits per heavy atom. The lowest BCUT2D eigenvalue weighted by molar-refractivity contribution is 0.0953. The van der Waals surface area contributed by atoms with Crippen molar-refractivity contribution in [2.24, 2.45) is 5.10 Å². The molecule has 0 unspecified atom stereocenters. The summed E-state index contributed by atoms with van der Waals surface area (Å²) in [7, 11) is 1.49. The molecule has 1 rings (SSSR count). The minimum atomic E-state index is 0.758. The molecule has 0 bridgehead atoms. The number of rotatable bonds is 3. The number of hydrazone groups is 1. The van der Waals surface area contributed by atoms with Gasteiger partial charge >= 0.3 is 0 Å². The molecule has 0 saturated heterocycles. The predicted octanol–water partition coefficient (Wildman–Crippen LogP) is 1.33. The van der Waals surface area contributed by atoms with Crippen molar-refractivity contribution < 1.29 is 4.84 Å². The van der Waals surface area contributed by atoms with Gasteiger partial charge in [-0.3, -0.25) is 4.84 Å². The van der Waals surface area contributed by atoms with E-state index in [9.17, 15) is 0 Å². The minimum absolute atomic E-state index is 0.758. The van der Waals surface area contributed by atoms with E-state index in [0.29, 0.717) is 0 Å². The van der Waals surface area contributed by atoms with Crippen molar-refractivity contribution in [3.05, 3.63) is 28.5 Å². The summed E-state index contributed by atoms with van der Waals surface area (Å²) < 4.78 is 0.781. The maximum atomic E-state index is 4.51. The molecule has 4 nitrogen and oxygen atoms in total. The van der Waals surface area contributed by atoms with Crippen molar-refractivity contribution in [3.8, 4) is 0 Å². The molecule has 1 heterocycles. The van der Waals surface area contributed by atoms with Gasteiger partial charge in [0.15, 0.2) is 0 Å². The van der Waals surface area contributed by atoms with Crippen LogP contribution in [0.4, 0.5) is 0 Å². The number of pyridine rings is 1. The largest absolute Gasteiger partial charge is 0.262 e. The van der Waals surface area contributed by atoms with Crippen LogP contribution in [0.1, 0.15) is 5.69 Å². The maximum Gasteiger partial charge on any atom is 0.106 e. The monoisotopic (exact) mass is 229 g/mol. The number of aromatic nitrogens is 1. The molecule has 12 heavy (non-hydrogen) atoms. The fraction of sp³-hybridized carbons (Fsp3) is 0.143. The van der Waals surface area contributed by atoms with Crippen molar-refractivity contribution in [3.63, 3.8) is 0 Å². The van der Waals surface area contributed by atoms with Crippen molar-refractivity contribution in [2.45, 2.75) is 0 Å². The molecular weight excluding hydrogens is 222 g/mol. The number of nitrogens with one attached hydrogen (secondary N) is 1. The molecule has 1 aromatic heterocycles. The highest BCUT2D eigenvalue weighted by Crippen LogP contribution is 2.04. The number of hydrogen-bond donors (Lipinski definition) is 1. The fourth-order valence-corrected chi connectivity index (χ4v) is 0.998. The average Bonchev–Trinajstić information content (AvgIpc) is 2.05. The van der Waals surface area contributed by atoms with Crippen LogP contribution in [0.15, 0.2) is 27.9 Å². The van der Waals surface area contributed by atoms with Crippen LogP contribution in [-0.2, 0) is 4.84 Å². The Morgan fingerprint density at radius 1 is 1.67 bits per heavy atom. The normalized spacial score (nSPS) is 10.5. The van der Waals surface area contributed by atoms with E-state index in [0.717, 1.165) is 10.3 Å². The van der Waals surface area contributed by atoms with Gasteiger partial charge in [-0.15, -0.1) is 0 Å². The Morgan fingerprint density at radius 3 is 3.17 bits per heavy atom. The summed E-state index contributed by atoms with van der Waals surface area (Å²) in [5, 5.41) is 3.72.